The number of sulfonamides is 1. The van der Waals surface area contributed by atoms with Crippen LogP contribution in [0.4, 0.5) is 5.69 Å². The number of hydrogen-bond donors (Lipinski definition) is 0. The van der Waals surface area contributed by atoms with Crippen molar-refractivity contribution in [3.63, 3.8) is 0 Å². The molecule has 8 heteroatoms. The van der Waals surface area contributed by atoms with Gasteiger partial charge in [-0.2, -0.15) is 9.40 Å². The molecular weight excluding hydrogens is 388 g/mol. The van der Waals surface area contributed by atoms with Gasteiger partial charge in [-0.1, -0.05) is 24.6 Å². The highest BCUT2D eigenvalue weighted by Crippen LogP contribution is 2.32. The minimum Gasteiger partial charge on any atom is -0.307 e. The largest absolute Gasteiger partial charge is 0.307 e. The summed E-state index contributed by atoms with van der Waals surface area (Å²) in [5.74, 6) is -0.0741. The Morgan fingerprint density at radius 3 is 2.55 bits per heavy atom. The van der Waals surface area contributed by atoms with Crippen LogP contribution in [-0.2, 0) is 27.8 Å². The van der Waals surface area contributed by atoms with E-state index in [2.05, 4.69) is 5.10 Å². The third-order valence-electron chi connectivity index (χ3n) is 5.99. The van der Waals surface area contributed by atoms with Crippen LogP contribution in [0, 0.1) is 13.8 Å². The molecule has 156 valence electrons. The standard InChI is InChI=1S/C21H28N4O3S/c1-15-13-18-9-5-6-10-19(18)25(15)20(26)14-24-17(3)21(16(2)22-24)29(27,28)23-11-7-4-8-12-23/h5-6,9-10,15H,4,7-8,11-14H2,1-3H3/t15-/m0/s1. The Balaban J connectivity index is 1.61. The van der Waals surface area contributed by atoms with E-state index in [0.29, 0.717) is 24.5 Å². The Morgan fingerprint density at radius 1 is 1.14 bits per heavy atom. The number of fused-ring (bicyclic) bond motifs is 1. The number of carbonyl (C=O) groups is 1. The molecule has 7 nitrogen and oxygen atoms in total. The van der Waals surface area contributed by atoms with Gasteiger partial charge in [-0.3, -0.25) is 9.48 Å². The molecule has 3 heterocycles. The molecule has 0 aliphatic carbocycles. The van der Waals surface area contributed by atoms with E-state index in [-0.39, 0.29) is 23.4 Å². The van der Waals surface area contributed by atoms with Crippen LogP contribution < -0.4 is 4.90 Å². The van der Waals surface area contributed by atoms with E-state index >= 15 is 0 Å². The van der Waals surface area contributed by atoms with Gasteiger partial charge in [0.15, 0.2) is 0 Å². The third-order valence-corrected chi connectivity index (χ3v) is 8.14. The first kappa shape index (κ1) is 20.1. The predicted molar refractivity (Wildman–Crippen MR) is 111 cm³/mol. The van der Waals surface area contributed by atoms with E-state index in [4.69, 9.17) is 0 Å². The van der Waals surface area contributed by atoms with Crippen LogP contribution in [0.1, 0.15) is 43.1 Å². The van der Waals surface area contributed by atoms with E-state index in [9.17, 15) is 13.2 Å². The quantitative estimate of drug-likeness (QED) is 0.768. The SMILES string of the molecule is Cc1nn(CC(=O)N2c3ccccc3C[C@@H]2C)c(C)c1S(=O)(=O)N1CCCCC1. The summed E-state index contributed by atoms with van der Waals surface area (Å²) in [6, 6.07) is 8.01. The molecule has 1 amide bonds. The van der Waals surface area contributed by atoms with Gasteiger partial charge in [0.05, 0.1) is 11.4 Å². The lowest BCUT2D eigenvalue weighted by Crippen LogP contribution is -2.38. The van der Waals surface area contributed by atoms with Crippen LogP contribution in [0.2, 0.25) is 0 Å². The number of aromatic nitrogens is 2. The van der Waals surface area contributed by atoms with Gasteiger partial charge in [-0.05, 0) is 51.7 Å². The second-order valence-corrected chi connectivity index (χ2v) is 9.94. The van der Waals surface area contributed by atoms with Crippen LogP contribution >= 0.6 is 0 Å². The topological polar surface area (TPSA) is 75.5 Å². The monoisotopic (exact) mass is 416 g/mol. The zero-order valence-electron chi connectivity index (χ0n) is 17.3. The summed E-state index contributed by atoms with van der Waals surface area (Å²) in [5, 5.41) is 4.43. The van der Waals surface area contributed by atoms with Gasteiger partial charge in [-0.25, -0.2) is 8.42 Å². The lowest BCUT2D eigenvalue weighted by atomic mass is 10.1. The molecule has 0 bridgehead atoms. The number of aryl methyl sites for hydroxylation is 1. The molecule has 2 aliphatic heterocycles. The van der Waals surface area contributed by atoms with E-state index in [1.807, 2.05) is 36.1 Å². The molecule has 0 unspecified atom stereocenters. The molecule has 1 aromatic carbocycles. The van der Waals surface area contributed by atoms with Crippen LogP contribution in [0.3, 0.4) is 0 Å². The lowest BCUT2D eigenvalue weighted by Gasteiger charge is -2.26. The van der Waals surface area contributed by atoms with Crippen molar-refractivity contribution in [2.24, 2.45) is 0 Å². The highest BCUT2D eigenvalue weighted by molar-refractivity contribution is 7.89. The summed E-state index contributed by atoms with van der Waals surface area (Å²) in [6.07, 6.45) is 3.66. The summed E-state index contributed by atoms with van der Waals surface area (Å²) in [5.41, 5.74) is 3.08. The van der Waals surface area contributed by atoms with Crippen molar-refractivity contribution >= 4 is 21.6 Å². The highest BCUT2D eigenvalue weighted by atomic mass is 32.2. The van der Waals surface area contributed by atoms with Gasteiger partial charge in [0.25, 0.3) is 0 Å². The van der Waals surface area contributed by atoms with Crippen LogP contribution in [0.5, 0.6) is 0 Å². The number of carbonyl (C=O) groups excluding carboxylic acids is 1. The van der Waals surface area contributed by atoms with Crippen molar-refractivity contribution < 1.29 is 13.2 Å². The zero-order valence-corrected chi connectivity index (χ0v) is 18.1. The molecule has 2 aliphatic rings. The molecule has 29 heavy (non-hydrogen) atoms. The third kappa shape index (κ3) is 3.48. The molecule has 0 saturated carbocycles. The van der Waals surface area contributed by atoms with Crippen LogP contribution in [-0.4, -0.2) is 47.5 Å². The van der Waals surface area contributed by atoms with E-state index in [1.165, 1.54) is 0 Å². The van der Waals surface area contributed by atoms with Gasteiger partial charge in [0, 0.05) is 24.8 Å². The average Bonchev–Trinajstić information content (AvgIpc) is 3.17. The Bertz CT molecular complexity index is 1040. The van der Waals surface area contributed by atoms with Crippen molar-refractivity contribution in [2.75, 3.05) is 18.0 Å². The maximum absolute atomic E-state index is 13.2. The molecule has 1 saturated heterocycles. The average molecular weight is 417 g/mol. The fraction of sp³-hybridized carbons (Fsp3) is 0.524. The number of amides is 1. The maximum atomic E-state index is 13.2. The van der Waals surface area contributed by atoms with Gasteiger partial charge in [0.1, 0.15) is 11.4 Å². The smallest absolute Gasteiger partial charge is 0.248 e. The van der Waals surface area contributed by atoms with Gasteiger partial charge < -0.3 is 4.90 Å². The summed E-state index contributed by atoms with van der Waals surface area (Å²) < 4.78 is 29.5. The van der Waals surface area contributed by atoms with E-state index < -0.39 is 10.0 Å². The summed E-state index contributed by atoms with van der Waals surface area (Å²) in [4.78, 5) is 15.2. The number of anilines is 1. The number of benzene rings is 1. The normalized spacial score (nSPS) is 20.1. The molecule has 0 N–H and O–H groups in total. The van der Waals surface area contributed by atoms with Crippen LogP contribution in [0.15, 0.2) is 29.2 Å². The summed E-state index contributed by atoms with van der Waals surface area (Å²) >= 11 is 0. The first-order chi connectivity index (χ1) is 13.8. The van der Waals surface area contributed by atoms with Crippen molar-refractivity contribution in [1.82, 2.24) is 14.1 Å². The minimum absolute atomic E-state index is 0.0286. The van der Waals surface area contributed by atoms with Crippen LogP contribution in [0.25, 0.3) is 0 Å². The van der Waals surface area contributed by atoms with E-state index in [1.54, 1.807) is 22.8 Å². The number of piperidine rings is 1. The van der Waals surface area contributed by atoms with E-state index in [0.717, 1.165) is 36.9 Å². The summed E-state index contributed by atoms with van der Waals surface area (Å²) in [7, 11) is -3.59. The number of hydrogen-bond acceptors (Lipinski definition) is 4. The lowest BCUT2D eigenvalue weighted by molar-refractivity contribution is -0.119. The molecule has 4 rings (SSSR count). The molecule has 1 fully saturated rings. The second-order valence-electron chi connectivity index (χ2n) is 8.07. The first-order valence-corrected chi connectivity index (χ1v) is 11.7. The molecule has 0 radical (unpaired) electrons. The molecule has 1 atom stereocenters. The maximum Gasteiger partial charge on any atom is 0.248 e. The fourth-order valence-corrected chi connectivity index (χ4v) is 6.48. The fourth-order valence-electron chi connectivity index (χ4n) is 4.59. The van der Waals surface area contributed by atoms with Crippen molar-refractivity contribution in [2.45, 2.75) is 63.9 Å². The van der Waals surface area contributed by atoms with Crippen molar-refractivity contribution in [3.8, 4) is 0 Å². The van der Waals surface area contributed by atoms with Crippen molar-refractivity contribution in [1.29, 1.82) is 0 Å². The number of nitrogens with zero attached hydrogens (tertiary/aromatic N) is 4. The number of para-hydroxylation sites is 1. The molecule has 2 aromatic rings. The molecule has 0 spiro atoms. The van der Waals surface area contributed by atoms with Crippen molar-refractivity contribution in [3.05, 3.63) is 41.2 Å². The highest BCUT2D eigenvalue weighted by Gasteiger charge is 2.34. The van der Waals surface area contributed by atoms with Gasteiger partial charge >= 0.3 is 0 Å². The predicted octanol–water partition coefficient (Wildman–Crippen LogP) is 2.65. The molecule has 1 aromatic heterocycles. The Hall–Kier alpha value is -2.19. The number of rotatable bonds is 4. The summed E-state index contributed by atoms with van der Waals surface area (Å²) in [6.45, 7) is 6.61. The Kier molecular flexibility index (Phi) is 5.25. The minimum atomic E-state index is -3.59. The molecular formula is C21H28N4O3S. The Morgan fingerprint density at radius 2 is 1.83 bits per heavy atom. The zero-order chi connectivity index (χ0) is 20.8. The van der Waals surface area contributed by atoms with Gasteiger partial charge in [0.2, 0.25) is 15.9 Å². The Labute approximate surface area is 172 Å². The first-order valence-electron chi connectivity index (χ1n) is 10.2. The second kappa shape index (κ2) is 7.57. The van der Waals surface area contributed by atoms with Gasteiger partial charge in [-0.15, -0.1) is 0 Å².